The minimum absolute atomic E-state index is 0.0287. The van der Waals surface area contributed by atoms with E-state index in [1.165, 1.54) is 5.56 Å². The van der Waals surface area contributed by atoms with E-state index in [1.54, 1.807) is 18.1 Å². The number of amides is 2. The Bertz CT molecular complexity index is 633. The van der Waals surface area contributed by atoms with Crippen molar-refractivity contribution in [3.63, 3.8) is 0 Å². The van der Waals surface area contributed by atoms with E-state index in [2.05, 4.69) is 46.5 Å². The van der Waals surface area contributed by atoms with Gasteiger partial charge in [0.15, 0.2) is 0 Å². The van der Waals surface area contributed by atoms with E-state index in [4.69, 9.17) is 0 Å². The zero-order chi connectivity index (χ0) is 16.8. The van der Waals surface area contributed by atoms with Gasteiger partial charge < -0.3 is 15.2 Å². The lowest BCUT2D eigenvalue weighted by Crippen LogP contribution is -2.38. The molecule has 124 valence electrons. The topological polar surface area (TPSA) is 61.0 Å². The van der Waals surface area contributed by atoms with Crippen molar-refractivity contribution in [1.82, 2.24) is 20.2 Å². The normalized spacial score (nSPS) is 12.0. The molecule has 0 saturated heterocycles. The van der Waals surface area contributed by atoms with Crippen molar-refractivity contribution in [3.8, 4) is 0 Å². The zero-order valence-corrected chi connectivity index (χ0v) is 14.4. The Kier molecular flexibility index (Phi) is 5.79. The minimum Gasteiger partial charge on any atom is -0.345 e. The lowest BCUT2D eigenvalue weighted by Gasteiger charge is -2.21. The molecule has 1 atom stereocenters. The van der Waals surface area contributed by atoms with Gasteiger partial charge in [-0.15, -0.1) is 0 Å². The summed E-state index contributed by atoms with van der Waals surface area (Å²) in [6.07, 6.45) is 4.00. The molecule has 0 radical (unpaired) electrons. The molecule has 1 unspecified atom stereocenters. The fraction of sp³-hybridized carbons (Fsp3) is 0.444. The van der Waals surface area contributed by atoms with Crippen molar-refractivity contribution in [2.75, 3.05) is 7.05 Å². The summed E-state index contributed by atoms with van der Waals surface area (Å²) in [5, 5.41) is 3.02. The van der Waals surface area contributed by atoms with Gasteiger partial charge in [-0.05, 0) is 31.4 Å². The number of carbonyl (C=O) groups excluding carboxylic acids is 1. The largest absolute Gasteiger partial charge is 0.345 e. The van der Waals surface area contributed by atoms with Crippen molar-refractivity contribution >= 4 is 6.03 Å². The summed E-state index contributed by atoms with van der Waals surface area (Å²) in [5.74, 6) is 0.789. The highest BCUT2D eigenvalue weighted by Crippen LogP contribution is 2.15. The van der Waals surface area contributed by atoms with Gasteiger partial charge in [-0.1, -0.05) is 37.6 Å². The first-order valence-corrected chi connectivity index (χ1v) is 8.10. The number of nitrogens with one attached hydrogen (secondary N) is 2. The van der Waals surface area contributed by atoms with Crippen molar-refractivity contribution in [1.29, 1.82) is 0 Å². The second-order valence-electron chi connectivity index (χ2n) is 6.03. The number of aromatic nitrogens is 2. The van der Waals surface area contributed by atoms with Gasteiger partial charge in [0.2, 0.25) is 0 Å². The summed E-state index contributed by atoms with van der Waals surface area (Å²) < 4.78 is 0. The van der Waals surface area contributed by atoms with Crippen LogP contribution in [-0.2, 0) is 13.0 Å². The maximum atomic E-state index is 12.3. The SMILES string of the molecule is CCCc1ccc(C(C)NC(=O)N(C)Cc2ncc(C)[nH]2)cc1. The van der Waals surface area contributed by atoms with Gasteiger partial charge in [-0.25, -0.2) is 9.78 Å². The highest BCUT2D eigenvalue weighted by molar-refractivity contribution is 5.74. The smallest absolute Gasteiger partial charge is 0.318 e. The molecule has 2 N–H and O–H groups in total. The molecule has 2 amide bonds. The molecule has 2 aromatic rings. The van der Waals surface area contributed by atoms with Crippen LogP contribution in [0.4, 0.5) is 4.79 Å². The van der Waals surface area contributed by atoms with Gasteiger partial charge in [0, 0.05) is 18.9 Å². The molecule has 0 saturated carbocycles. The van der Waals surface area contributed by atoms with Gasteiger partial charge in [0.25, 0.3) is 0 Å². The fourth-order valence-electron chi connectivity index (χ4n) is 2.48. The monoisotopic (exact) mass is 314 g/mol. The number of imidazole rings is 1. The van der Waals surface area contributed by atoms with Crippen LogP contribution in [0.1, 0.15) is 49.0 Å². The maximum absolute atomic E-state index is 12.3. The molecular formula is C18H26N4O. The van der Waals surface area contributed by atoms with E-state index in [0.717, 1.165) is 29.9 Å². The van der Waals surface area contributed by atoms with Gasteiger partial charge in [-0.2, -0.15) is 0 Å². The Morgan fingerprint density at radius 3 is 2.61 bits per heavy atom. The maximum Gasteiger partial charge on any atom is 0.318 e. The van der Waals surface area contributed by atoms with E-state index in [0.29, 0.717) is 6.54 Å². The third-order valence-corrected chi connectivity index (χ3v) is 3.85. The van der Waals surface area contributed by atoms with Crippen molar-refractivity contribution in [2.45, 2.75) is 46.2 Å². The van der Waals surface area contributed by atoms with E-state index in [9.17, 15) is 4.79 Å². The van der Waals surface area contributed by atoms with Crippen LogP contribution in [-0.4, -0.2) is 27.9 Å². The average molecular weight is 314 g/mol. The third kappa shape index (κ3) is 4.84. The number of aromatic amines is 1. The van der Waals surface area contributed by atoms with Crippen molar-refractivity contribution < 1.29 is 4.79 Å². The number of urea groups is 1. The Hall–Kier alpha value is -2.30. The second kappa shape index (κ2) is 7.81. The van der Waals surface area contributed by atoms with Crippen LogP contribution >= 0.6 is 0 Å². The van der Waals surface area contributed by atoms with Gasteiger partial charge in [0.05, 0.1) is 12.6 Å². The fourth-order valence-corrected chi connectivity index (χ4v) is 2.48. The Balaban J connectivity index is 1.90. The third-order valence-electron chi connectivity index (χ3n) is 3.85. The predicted molar refractivity (Wildman–Crippen MR) is 92.2 cm³/mol. The van der Waals surface area contributed by atoms with E-state index >= 15 is 0 Å². The summed E-state index contributed by atoms with van der Waals surface area (Å²) in [7, 11) is 1.77. The van der Waals surface area contributed by atoms with Gasteiger partial charge >= 0.3 is 6.03 Å². The Labute approximate surface area is 138 Å². The summed E-state index contributed by atoms with van der Waals surface area (Å²) in [5.41, 5.74) is 3.44. The molecule has 1 aromatic carbocycles. The molecule has 0 aliphatic rings. The van der Waals surface area contributed by atoms with Crippen LogP contribution in [0.2, 0.25) is 0 Å². The van der Waals surface area contributed by atoms with Crippen LogP contribution in [0.25, 0.3) is 0 Å². The van der Waals surface area contributed by atoms with E-state index in [1.807, 2.05) is 13.8 Å². The lowest BCUT2D eigenvalue weighted by atomic mass is 10.0. The molecule has 0 bridgehead atoms. The van der Waals surface area contributed by atoms with Gasteiger partial charge in [-0.3, -0.25) is 0 Å². The number of carbonyl (C=O) groups is 1. The lowest BCUT2D eigenvalue weighted by molar-refractivity contribution is 0.202. The van der Waals surface area contributed by atoms with Gasteiger partial charge in [0.1, 0.15) is 5.82 Å². The number of benzene rings is 1. The number of rotatable bonds is 6. The standard InChI is InChI=1S/C18H26N4O/c1-5-6-15-7-9-16(10-8-15)14(3)21-18(23)22(4)12-17-19-11-13(2)20-17/h7-11,14H,5-6,12H2,1-4H3,(H,19,20)(H,21,23). The molecule has 5 heteroatoms. The van der Waals surface area contributed by atoms with E-state index < -0.39 is 0 Å². The zero-order valence-electron chi connectivity index (χ0n) is 14.4. The molecule has 2 rings (SSSR count). The second-order valence-corrected chi connectivity index (χ2v) is 6.03. The number of nitrogens with zero attached hydrogens (tertiary/aromatic N) is 2. The quantitative estimate of drug-likeness (QED) is 0.856. The average Bonchev–Trinajstić information content (AvgIpc) is 2.93. The first-order chi connectivity index (χ1) is 11.0. The van der Waals surface area contributed by atoms with Crippen LogP contribution < -0.4 is 5.32 Å². The summed E-state index contributed by atoms with van der Waals surface area (Å²) in [4.78, 5) is 21.3. The molecule has 0 spiro atoms. The highest BCUT2D eigenvalue weighted by atomic mass is 16.2. The first-order valence-electron chi connectivity index (χ1n) is 8.10. The summed E-state index contributed by atoms with van der Waals surface area (Å²) >= 11 is 0. The van der Waals surface area contributed by atoms with Crippen LogP contribution in [0.15, 0.2) is 30.5 Å². The molecule has 1 aromatic heterocycles. The number of hydrogen-bond donors (Lipinski definition) is 2. The first kappa shape index (κ1) is 17.1. The van der Waals surface area contributed by atoms with Crippen molar-refractivity contribution in [2.24, 2.45) is 0 Å². The molecule has 0 aliphatic heterocycles. The Morgan fingerprint density at radius 1 is 1.35 bits per heavy atom. The molecular weight excluding hydrogens is 288 g/mol. The number of aryl methyl sites for hydroxylation is 2. The number of hydrogen-bond acceptors (Lipinski definition) is 2. The van der Waals surface area contributed by atoms with Crippen LogP contribution in [0.3, 0.4) is 0 Å². The minimum atomic E-state index is -0.107. The predicted octanol–water partition coefficient (Wildman–Crippen LogP) is 3.57. The highest BCUT2D eigenvalue weighted by Gasteiger charge is 2.14. The Morgan fingerprint density at radius 2 is 2.04 bits per heavy atom. The summed E-state index contributed by atoms with van der Waals surface area (Å²) in [6, 6.07) is 8.31. The number of H-pyrrole nitrogens is 1. The molecule has 0 aliphatic carbocycles. The molecule has 0 fully saturated rings. The van der Waals surface area contributed by atoms with Crippen LogP contribution in [0.5, 0.6) is 0 Å². The molecule has 23 heavy (non-hydrogen) atoms. The summed E-state index contributed by atoms with van der Waals surface area (Å²) in [6.45, 7) is 6.58. The van der Waals surface area contributed by atoms with Crippen molar-refractivity contribution in [3.05, 3.63) is 53.1 Å². The molecule has 1 heterocycles. The molecule has 5 nitrogen and oxygen atoms in total. The van der Waals surface area contributed by atoms with E-state index in [-0.39, 0.29) is 12.1 Å². The van der Waals surface area contributed by atoms with Crippen LogP contribution in [0, 0.1) is 6.92 Å².